The van der Waals surface area contributed by atoms with Crippen molar-refractivity contribution in [3.05, 3.63) is 28.2 Å². The van der Waals surface area contributed by atoms with Gasteiger partial charge in [0.25, 0.3) is 0 Å². The Balaban J connectivity index is 1.88. The summed E-state index contributed by atoms with van der Waals surface area (Å²) in [5.41, 5.74) is 4.47. The molecule has 1 spiro atoms. The number of nitrogens with one attached hydrogen (secondary N) is 2. The molecule has 3 aliphatic heterocycles. The molecule has 3 heterocycles. The average molecular weight is 463 g/mol. The molecule has 0 aliphatic carbocycles. The molecule has 8 nitrogen and oxygen atoms in total. The Morgan fingerprint density at radius 1 is 1.24 bits per heavy atom. The quantitative estimate of drug-likeness (QED) is 0.583. The summed E-state index contributed by atoms with van der Waals surface area (Å²) in [5, 5.41) is 6.13. The van der Waals surface area contributed by atoms with Gasteiger partial charge in [-0.3, -0.25) is 29.4 Å². The van der Waals surface area contributed by atoms with E-state index in [1.807, 2.05) is 0 Å². The van der Waals surface area contributed by atoms with Crippen LogP contribution >= 0.6 is 15.9 Å². The van der Waals surface area contributed by atoms with E-state index in [0.717, 1.165) is 4.47 Å². The third kappa shape index (κ3) is 2.74. The third-order valence-corrected chi connectivity index (χ3v) is 6.54. The van der Waals surface area contributed by atoms with Gasteiger partial charge in [-0.05, 0) is 45.4 Å². The number of rotatable bonds is 3. The van der Waals surface area contributed by atoms with Gasteiger partial charge in [0.05, 0.1) is 11.8 Å². The Labute approximate surface area is 176 Å². The van der Waals surface area contributed by atoms with Crippen LogP contribution in [0.2, 0.25) is 0 Å². The van der Waals surface area contributed by atoms with E-state index in [-0.39, 0.29) is 30.6 Å². The van der Waals surface area contributed by atoms with Crippen molar-refractivity contribution < 1.29 is 19.2 Å². The summed E-state index contributed by atoms with van der Waals surface area (Å²) in [7, 11) is 0. The predicted molar refractivity (Wildman–Crippen MR) is 108 cm³/mol. The van der Waals surface area contributed by atoms with Crippen molar-refractivity contribution in [3.8, 4) is 0 Å². The minimum Gasteiger partial charge on any atom is -0.370 e. The highest BCUT2D eigenvalue weighted by molar-refractivity contribution is 9.10. The second kappa shape index (κ2) is 6.37. The van der Waals surface area contributed by atoms with E-state index in [4.69, 9.17) is 5.73 Å². The molecule has 29 heavy (non-hydrogen) atoms. The van der Waals surface area contributed by atoms with Gasteiger partial charge >= 0.3 is 0 Å². The summed E-state index contributed by atoms with van der Waals surface area (Å²) in [5.74, 6) is -3.17. The van der Waals surface area contributed by atoms with Crippen molar-refractivity contribution >= 4 is 45.2 Å². The first-order valence-corrected chi connectivity index (χ1v) is 10.3. The van der Waals surface area contributed by atoms with Crippen LogP contribution in [0, 0.1) is 11.8 Å². The Morgan fingerprint density at radius 3 is 2.55 bits per heavy atom. The van der Waals surface area contributed by atoms with Gasteiger partial charge in [-0.2, -0.15) is 0 Å². The van der Waals surface area contributed by atoms with Crippen molar-refractivity contribution in [2.75, 3.05) is 5.32 Å². The van der Waals surface area contributed by atoms with Crippen molar-refractivity contribution in [1.82, 2.24) is 10.2 Å². The minimum atomic E-state index is -1.36. The summed E-state index contributed by atoms with van der Waals surface area (Å²) >= 11 is 3.43. The number of carbonyl (C=O) groups is 4. The first-order valence-electron chi connectivity index (χ1n) is 9.54. The van der Waals surface area contributed by atoms with Gasteiger partial charge < -0.3 is 11.1 Å². The largest absolute Gasteiger partial charge is 0.370 e. The van der Waals surface area contributed by atoms with Crippen LogP contribution in [0.4, 0.5) is 5.69 Å². The zero-order chi connectivity index (χ0) is 21.3. The van der Waals surface area contributed by atoms with Crippen molar-refractivity contribution in [2.24, 2.45) is 17.6 Å². The number of benzene rings is 1. The molecule has 4 atom stereocenters. The van der Waals surface area contributed by atoms with Crippen LogP contribution in [0.1, 0.15) is 39.2 Å². The molecule has 0 bridgehead atoms. The predicted octanol–water partition coefficient (Wildman–Crippen LogP) is 1.23. The van der Waals surface area contributed by atoms with Crippen molar-refractivity contribution in [3.63, 3.8) is 0 Å². The van der Waals surface area contributed by atoms with Crippen molar-refractivity contribution in [2.45, 2.75) is 50.7 Å². The molecule has 154 valence electrons. The number of hydrogen-bond donors (Lipinski definition) is 3. The molecule has 2 saturated heterocycles. The standard InChI is InChI=1S/C20H23BrN4O4/c1-19(2,3)25-16(27)14-12(6-7-13(22)26)24-20(15(14)17(25)28)10-8-9(21)4-5-11(10)23-18(20)29/h4-5,8,12,14-15,24H,6-7H2,1-3H3,(H2,22,26)(H,23,29)/t12-,14-,15+,20+/m1/s1. The summed E-state index contributed by atoms with van der Waals surface area (Å²) in [6, 6.07) is 4.85. The van der Waals surface area contributed by atoms with Crippen LogP contribution in [0.5, 0.6) is 0 Å². The number of amides is 4. The van der Waals surface area contributed by atoms with Gasteiger partial charge in [0.15, 0.2) is 0 Å². The third-order valence-electron chi connectivity index (χ3n) is 6.05. The molecule has 0 aromatic heterocycles. The molecule has 9 heteroatoms. The van der Waals surface area contributed by atoms with E-state index in [2.05, 4.69) is 26.6 Å². The van der Waals surface area contributed by atoms with Crippen LogP contribution in [-0.4, -0.2) is 40.1 Å². The maximum Gasteiger partial charge on any atom is 0.250 e. The fraction of sp³-hybridized carbons (Fsp3) is 0.500. The number of nitrogens with two attached hydrogens (primary N) is 1. The van der Waals surface area contributed by atoms with Gasteiger partial charge in [0.1, 0.15) is 5.54 Å². The molecule has 0 radical (unpaired) electrons. The van der Waals surface area contributed by atoms with E-state index < -0.39 is 34.9 Å². The Hall–Kier alpha value is -2.26. The highest BCUT2D eigenvalue weighted by atomic mass is 79.9. The summed E-state index contributed by atoms with van der Waals surface area (Å²) in [4.78, 5) is 52.7. The van der Waals surface area contributed by atoms with Crippen molar-refractivity contribution in [1.29, 1.82) is 0 Å². The summed E-state index contributed by atoms with van der Waals surface area (Å²) in [6.45, 7) is 5.38. The number of likely N-dealkylation sites (tertiary alicyclic amines) is 1. The number of primary amides is 1. The molecule has 1 aromatic rings. The second-order valence-corrected chi connectivity index (χ2v) is 9.81. The fourth-order valence-corrected chi connectivity index (χ4v) is 5.34. The normalized spacial score (nSPS) is 30.7. The van der Waals surface area contributed by atoms with Crippen LogP contribution in [0.3, 0.4) is 0 Å². The number of halogens is 1. The lowest BCUT2D eigenvalue weighted by Gasteiger charge is -2.34. The maximum absolute atomic E-state index is 13.5. The van der Waals surface area contributed by atoms with E-state index in [1.165, 1.54) is 4.90 Å². The molecule has 4 amide bonds. The lowest BCUT2D eigenvalue weighted by atomic mass is 9.76. The molecule has 0 unspecified atom stereocenters. The molecule has 0 saturated carbocycles. The molecular formula is C20H23BrN4O4. The number of anilines is 1. The fourth-order valence-electron chi connectivity index (χ4n) is 4.98. The second-order valence-electron chi connectivity index (χ2n) is 8.89. The lowest BCUT2D eigenvalue weighted by Crippen LogP contribution is -2.55. The average Bonchev–Trinajstić information content (AvgIpc) is 3.18. The number of carbonyl (C=O) groups excluding carboxylic acids is 4. The Bertz CT molecular complexity index is 956. The molecule has 4 rings (SSSR count). The molecule has 4 N–H and O–H groups in total. The number of hydrogen-bond acceptors (Lipinski definition) is 5. The SMILES string of the molecule is CC(C)(C)N1C(=O)[C@H]2[C@@H](C1=O)[C@]1(N[C@@H]2CCC(N)=O)C(=O)Nc2ccc(Br)cc21. The smallest absolute Gasteiger partial charge is 0.250 e. The van der Waals surface area contributed by atoms with Gasteiger partial charge in [-0.1, -0.05) is 15.9 Å². The first-order chi connectivity index (χ1) is 13.5. The van der Waals surface area contributed by atoms with E-state index >= 15 is 0 Å². The zero-order valence-corrected chi connectivity index (χ0v) is 18.0. The zero-order valence-electron chi connectivity index (χ0n) is 16.4. The molecular weight excluding hydrogens is 440 g/mol. The molecule has 1 aromatic carbocycles. The van der Waals surface area contributed by atoms with E-state index in [1.54, 1.807) is 39.0 Å². The van der Waals surface area contributed by atoms with Gasteiger partial charge in [-0.15, -0.1) is 0 Å². The number of fused-ring (bicyclic) bond motifs is 4. The van der Waals surface area contributed by atoms with Gasteiger partial charge in [0.2, 0.25) is 23.6 Å². The van der Waals surface area contributed by atoms with Gasteiger partial charge in [0, 0.05) is 33.7 Å². The summed E-state index contributed by atoms with van der Waals surface area (Å²) in [6.07, 6.45) is 0.326. The minimum absolute atomic E-state index is 0.0565. The molecule has 2 fully saturated rings. The number of nitrogens with zero attached hydrogens (tertiary/aromatic N) is 1. The van der Waals surface area contributed by atoms with E-state index in [0.29, 0.717) is 11.3 Å². The topological polar surface area (TPSA) is 122 Å². The Kier molecular flexibility index (Phi) is 4.40. The van der Waals surface area contributed by atoms with Crippen LogP contribution < -0.4 is 16.4 Å². The maximum atomic E-state index is 13.5. The lowest BCUT2D eigenvalue weighted by molar-refractivity contribution is -0.148. The van der Waals surface area contributed by atoms with Crippen LogP contribution in [-0.2, 0) is 24.7 Å². The highest BCUT2D eigenvalue weighted by Gasteiger charge is 2.71. The van der Waals surface area contributed by atoms with E-state index in [9.17, 15) is 19.2 Å². The van der Waals surface area contributed by atoms with Crippen LogP contribution in [0.15, 0.2) is 22.7 Å². The highest BCUT2D eigenvalue weighted by Crippen LogP contribution is 2.54. The monoisotopic (exact) mass is 462 g/mol. The summed E-state index contributed by atoms with van der Waals surface area (Å²) < 4.78 is 0.760. The molecule has 3 aliphatic rings. The van der Waals surface area contributed by atoms with Gasteiger partial charge in [-0.25, -0.2) is 0 Å². The number of imide groups is 1. The van der Waals surface area contributed by atoms with Crippen LogP contribution in [0.25, 0.3) is 0 Å². The Morgan fingerprint density at radius 2 is 1.93 bits per heavy atom. The first kappa shape index (κ1) is 20.0.